The Morgan fingerprint density at radius 2 is 1.42 bits per heavy atom. The predicted octanol–water partition coefficient (Wildman–Crippen LogP) is 6.35. The number of carbonyl (C=O) groups excluding carboxylic acids is 1. The van der Waals surface area contributed by atoms with Crippen molar-refractivity contribution in [1.82, 2.24) is 4.90 Å². The van der Waals surface area contributed by atoms with E-state index in [2.05, 4.69) is 11.8 Å². The average Bonchev–Trinajstić information content (AvgIpc) is 3.13. The van der Waals surface area contributed by atoms with Gasteiger partial charge in [-0.3, -0.25) is 4.79 Å². The molecular weight excluding hydrogens is 322 g/mol. The topological polar surface area (TPSA) is 29.5 Å². The predicted molar refractivity (Wildman–Crippen MR) is 111 cm³/mol. The highest BCUT2D eigenvalue weighted by molar-refractivity contribution is 5.75. The van der Waals surface area contributed by atoms with Gasteiger partial charge in [0.1, 0.15) is 0 Å². The summed E-state index contributed by atoms with van der Waals surface area (Å²) in [6.07, 6.45) is 17.6. The zero-order valence-electron chi connectivity index (χ0n) is 18.0. The molecule has 1 fully saturated rings. The fraction of sp³-hybridized carbons (Fsp3) is 0.957. The third-order valence-corrected chi connectivity index (χ3v) is 5.76. The molecule has 0 aromatic rings. The van der Waals surface area contributed by atoms with Crippen molar-refractivity contribution < 1.29 is 9.53 Å². The second-order valence-corrected chi connectivity index (χ2v) is 8.85. The van der Waals surface area contributed by atoms with Crippen molar-refractivity contribution in [2.75, 3.05) is 26.2 Å². The molecular formula is C23H45NO2. The van der Waals surface area contributed by atoms with Gasteiger partial charge in [0.2, 0.25) is 0 Å². The number of nitrogens with zero attached hydrogens (tertiary/aromatic N) is 1. The smallest absolute Gasteiger partial charge is 0.311 e. The summed E-state index contributed by atoms with van der Waals surface area (Å²) < 4.78 is 5.55. The maximum absolute atomic E-state index is 12.3. The summed E-state index contributed by atoms with van der Waals surface area (Å²) in [6.45, 7) is 10.7. The summed E-state index contributed by atoms with van der Waals surface area (Å²) in [5, 5.41) is 0. The molecule has 0 spiro atoms. The van der Waals surface area contributed by atoms with E-state index < -0.39 is 0 Å². The summed E-state index contributed by atoms with van der Waals surface area (Å²) in [7, 11) is 0. The fourth-order valence-electron chi connectivity index (χ4n) is 3.78. The molecule has 0 saturated carbocycles. The van der Waals surface area contributed by atoms with Gasteiger partial charge in [-0.1, -0.05) is 64.7 Å². The van der Waals surface area contributed by atoms with Crippen LogP contribution in [0.25, 0.3) is 0 Å². The van der Waals surface area contributed by atoms with Crippen LogP contribution >= 0.6 is 0 Å². The third kappa shape index (κ3) is 11.2. The summed E-state index contributed by atoms with van der Waals surface area (Å²) in [5.41, 5.74) is -0.329. The normalized spacial score (nSPS) is 15.5. The van der Waals surface area contributed by atoms with Gasteiger partial charge in [0, 0.05) is 0 Å². The van der Waals surface area contributed by atoms with E-state index in [1.807, 2.05) is 13.8 Å². The molecule has 26 heavy (non-hydrogen) atoms. The molecule has 154 valence electrons. The number of hydrogen-bond donors (Lipinski definition) is 0. The lowest BCUT2D eigenvalue weighted by atomic mass is 9.87. The van der Waals surface area contributed by atoms with E-state index in [1.54, 1.807) is 0 Å². The Morgan fingerprint density at radius 3 is 2.04 bits per heavy atom. The number of rotatable bonds is 16. The summed E-state index contributed by atoms with van der Waals surface area (Å²) in [4.78, 5) is 14.9. The average molecular weight is 368 g/mol. The van der Waals surface area contributed by atoms with Crippen molar-refractivity contribution in [1.29, 1.82) is 0 Å². The lowest BCUT2D eigenvalue weighted by Crippen LogP contribution is -2.27. The summed E-state index contributed by atoms with van der Waals surface area (Å²) in [5.74, 6) is -0.00163. The van der Waals surface area contributed by atoms with Crippen molar-refractivity contribution >= 4 is 5.97 Å². The van der Waals surface area contributed by atoms with Crippen molar-refractivity contribution in [3.8, 4) is 0 Å². The molecule has 0 N–H and O–H groups in total. The molecule has 0 aliphatic carbocycles. The molecule has 3 heteroatoms. The molecule has 1 saturated heterocycles. The number of esters is 1. The standard InChI is InChI=1S/C23H45NO2/c1-4-5-6-7-8-9-10-11-16-21-26-22(25)23(2,3)17-12-13-18-24-19-14-15-20-24/h4-21H2,1-3H3. The molecule has 1 heterocycles. The molecule has 0 atom stereocenters. The third-order valence-electron chi connectivity index (χ3n) is 5.76. The molecule has 0 aromatic carbocycles. The second kappa shape index (κ2) is 14.5. The number of unbranched alkanes of at least 4 members (excludes halogenated alkanes) is 9. The number of hydrogen-bond acceptors (Lipinski definition) is 3. The van der Waals surface area contributed by atoms with Gasteiger partial charge in [0.15, 0.2) is 0 Å². The van der Waals surface area contributed by atoms with Gasteiger partial charge in [-0.2, -0.15) is 0 Å². The Hall–Kier alpha value is -0.570. The monoisotopic (exact) mass is 367 g/mol. The molecule has 0 radical (unpaired) electrons. The van der Waals surface area contributed by atoms with Crippen LogP contribution in [0.2, 0.25) is 0 Å². The highest BCUT2D eigenvalue weighted by Crippen LogP contribution is 2.25. The highest BCUT2D eigenvalue weighted by atomic mass is 16.5. The maximum Gasteiger partial charge on any atom is 0.311 e. The Balaban J connectivity index is 1.95. The number of carbonyl (C=O) groups is 1. The molecule has 0 unspecified atom stereocenters. The van der Waals surface area contributed by atoms with E-state index in [-0.39, 0.29) is 11.4 Å². The summed E-state index contributed by atoms with van der Waals surface area (Å²) in [6, 6.07) is 0. The van der Waals surface area contributed by atoms with Gasteiger partial charge in [-0.15, -0.1) is 0 Å². The quantitative estimate of drug-likeness (QED) is 0.235. The molecule has 0 bridgehead atoms. The molecule has 0 aromatic heterocycles. The molecule has 1 rings (SSSR count). The van der Waals surface area contributed by atoms with Gasteiger partial charge in [0.05, 0.1) is 12.0 Å². The SMILES string of the molecule is CCCCCCCCCCCOC(=O)C(C)(C)CCCCN1CCCC1. The molecule has 1 aliphatic rings. The van der Waals surface area contributed by atoms with Gasteiger partial charge < -0.3 is 9.64 Å². The van der Waals surface area contributed by atoms with E-state index in [4.69, 9.17) is 4.74 Å². The van der Waals surface area contributed by atoms with Crippen molar-refractivity contribution in [3.63, 3.8) is 0 Å². The summed E-state index contributed by atoms with van der Waals surface area (Å²) >= 11 is 0. The first-order valence-corrected chi connectivity index (χ1v) is 11.5. The van der Waals surface area contributed by atoms with Crippen molar-refractivity contribution in [3.05, 3.63) is 0 Å². The Morgan fingerprint density at radius 1 is 0.846 bits per heavy atom. The van der Waals surface area contributed by atoms with E-state index in [0.717, 1.165) is 19.3 Å². The minimum Gasteiger partial charge on any atom is -0.465 e. The van der Waals surface area contributed by atoms with Gasteiger partial charge >= 0.3 is 5.97 Å². The lowest BCUT2D eigenvalue weighted by Gasteiger charge is -2.23. The van der Waals surface area contributed by atoms with E-state index in [1.165, 1.54) is 90.3 Å². The van der Waals surface area contributed by atoms with Crippen LogP contribution in [0.5, 0.6) is 0 Å². The minimum atomic E-state index is -0.329. The zero-order valence-corrected chi connectivity index (χ0v) is 18.0. The van der Waals surface area contributed by atoms with Crippen LogP contribution in [0, 0.1) is 5.41 Å². The van der Waals surface area contributed by atoms with Gasteiger partial charge in [-0.25, -0.2) is 0 Å². The number of likely N-dealkylation sites (tertiary alicyclic amines) is 1. The van der Waals surface area contributed by atoms with Crippen molar-refractivity contribution in [2.45, 2.75) is 111 Å². The van der Waals surface area contributed by atoms with Crippen LogP contribution in [-0.4, -0.2) is 37.1 Å². The van der Waals surface area contributed by atoms with E-state index in [9.17, 15) is 4.79 Å². The number of ether oxygens (including phenoxy) is 1. The van der Waals surface area contributed by atoms with E-state index in [0.29, 0.717) is 6.61 Å². The Labute approximate surface area is 163 Å². The lowest BCUT2D eigenvalue weighted by molar-refractivity contribution is -0.154. The van der Waals surface area contributed by atoms with Crippen LogP contribution in [0.4, 0.5) is 0 Å². The van der Waals surface area contributed by atoms with Crippen LogP contribution in [-0.2, 0) is 9.53 Å². The Bertz CT molecular complexity index is 348. The van der Waals surface area contributed by atoms with Crippen LogP contribution < -0.4 is 0 Å². The van der Waals surface area contributed by atoms with Crippen LogP contribution in [0.1, 0.15) is 111 Å². The van der Waals surface area contributed by atoms with Gasteiger partial charge in [-0.05, 0) is 65.6 Å². The fourth-order valence-corrected chi connectivity index (χ4v) is 3.78. The van der Waals surface area contributed by atoms with Gasteiger partial charge in [0.25, 0.3) is 0 Å². The Kier molecular flexibility index (Phi) is 13.1. The zero-order chi connectivity index (χ0) is 19.1. The first kappa shape index (κ1) is 23.5. The molecule has 0 amide bonds. The highest BCUT2D eigenvalue weighted by Gasteiger charge is 2.28. The maximum atomic E-state index is 12.3. The first-order chi connectivity index (χ1) is 12.6. The largest absolute Gasteiger partial charge is 0.465 e. The second-order valence-electron chi connectivity index (χ2n) is 8.85. The van der Waals surface area contributed by atoms with Crippen LogP contribution in [0.15, 0.2) is 0 Å². The first-order valence-electron chi connectivity index (χ1n) is 11.5. The minimum absolute atomic E-state index is 0.00163. The van der Waals surface area contributed by atoms with Crippen LogP contribution in [0.3, 0.4) is 0 Å². The van der Waals surface area contributed by atoms with E-state index >= 15 is 0 Å². The van der Waals surface area contributed by atoms with Crippen molar-refractivity contribution in [2.24, 2.45) is 5.41 Å². The molecule has 1 aliphatic heterocycles. The molecule has 3 nitrogen and oxygen atoms in total.